The Labute approximate surface area is 152 Å². The van der Waals surface area contributed by atoms with E-state index in [0.29, 0.717) is 39.3 Å². The highest BCUT2D eigenvalue weighted by molar-refractivity contribution is 6.33. The molecule has 3 aromatic heterocycles. The van der Waals surface area contributed by atoms with Crippen LogP contribution in [0.5, 0.6) is 0 Å². The van der Waals surface area contributed by atoms with Crippen molar-refractivity contribution in [3.63, 3.8) is 0 Å². The van der Waals surface area contributed by atoms with Gasteiger partial charge in [0.1, 0.15) is 0 Å². The van der Waals surface area contributed by atoms with Crippen molar-refractivity contribution in [3.05, 3.63) is 68.9 Å². The van der Waals surface area contributed by atoms with Gasteiger partial charge in [-0.05, 0) is 38.1 Å². The van der Waals surface area contributed by atoms with Gasteiger partial charge in [-0.1, -0.05) is 23.7 Å². The molecule has 3 heterocycles. The van der Waals surface area contributed by atoms with Crippen molar-refractivity contribution in [1.29, 1.82) is 0 Å². The van der Waals surface area contributed by atoms with E-state index in [4.69, 9.17) is 11.6 Å². The van der Waals surface area contributed by atoms with Gasteiger partial charge in [0.25, 0.3) is 5.56 Å². The molecule has 8 nitrogen and oxygen atoms in total. The molecule has 9 heteroatoms. The molecule has 0 amide bonds. The molecule has 0 spiro atoms. The van der Waals surface area contributed by atoms with E-state index >= 15 is 0 Å². The van der Waals surface area contributed by atoms with Crippen LogP contribution >= 0.6 is 11.6 Å². The maximum absolute atomic E-state index is 12.8. The molecule has 26 heavy (non-hydrogen) atoms. The first-order chi connectivity index (χ1) is 12.5. The van der Waals surface area contributed by atoms with Crippen LogP contribution in [0.1, 0.15) is 17.1 Å². The maximum atomic E-state index is 12.8. The lowest BCUT2D eigenvalue weighted by Crippen LogP contribution is -2.19. The van der Waals surface area contributed by atoms with Crippen molar-refractivity contribution in [2.75, 3.05) is 0 Å². The second-order valence-electron chi connectivity index (χ2n) is 5.71. The number of aromatic nitrogens is 6. The number of halogens is 1. The zero-order chi connectivity index (χ0) is 18.3. The lowest BCUT2D eigenvalue weighted by molar-refractivity contribution is 0.755. The minimum atomic E-state index is -0.254. The SMILES string of the molecule is Cc1[nH]n(-c2ccc3nnc(C)n3n2)c(=O)c1C=Nc1ccccc1Cl. The van der Waals surface area contributed by atoms with Crippen LogP contribution in [0.15, 0.2) is 46.2 Å². The van der Waals surface area contributed by atoms with E-state index in [1.54, 1.807) is 42.6 Å². The summed E-state index contributed by atoms with van der Waals surface area (Å²) in [6.07, 6.45) is 1.51. The van der Waals surface area contributed by atoms with Crippen LogP contribution in [-0.2, 0) is 0 Å². The Hall–Kier alpha value is -3.26. The van der Waals surface area contributed by atoms with E-state index in [0.717, 1.165) is 0 Å². The molecule has 4 rings (SSSR count). The fraction of sp³-hybridized carbons (Fsp3) is 0.118. The summed E-state index contributed by atoms with van der Waals surface area (Å²) in [5.41, 5.74) is 2.07. The van der Waals surface area contributed by atoms with E-state index in [-0.39, 0.29) is 5.56 Å². The topological polar surface area (TPSA) is 93.2 Å². The number of fused-ring (bicyclic) bond motifs is 1. The molecule has 0 saturated carbocycles. The van der Waals surface area contributed by atoms with Crippen molar-refractivity contribution >= 4 is 29.2 Å². The number of para-hydroxylation sites is 1. The Bertz CT molecular complexity index is 1200. The van der Waals surface area contributed by atoms with Crippen molar-refractivity contribution in [2.24, 2.45) is 4.99 Å². The predicted octanol–water partition coefficient (Wildman–Crippen LogP) is 2.62. The highest BCUT2D eigenvalue weighted by atomic mass is 35.5. The van der Waals surface area contributed by atoms with Gasteiger partial charge in [0.15, 0.2) is 17.3 Å². The summed E-state index contributed by atoms with van der Waals surface area (Å²) in [5, 5.41) is 15.9. The third-order valence-electron chi connectivity index (χ3n) is 3.94. The molecule has 1 N–H and O–H groups in total. The molecular formula is C17H14ClN7O. The molecular weight excluding hydrogens is 354 g/mol. The summed E-state index contributed by atoms with van der Waals surface area (Å²) < 4.78 is 2.94. The quantitative estimate of drug-likeness (QED) is 0.563. The number of aliphatic imine (C=N–C) groups is 1. The van der Waals surface area contributed by atoms with E-state index in [1.165, 1.54) is 10.9 Å². The third-order valence-corrected chi connectivity index (χ3v) is 4.26. The first-order valence-corrected chi connectivity index (χ1v) is 8.22. The molecule has 4 aromatic rings. The Morgan fingerprint density at radius 1 is 1.15 bits per heavy atom. The number of aromatic amines is 1. The average molecular weight is 368 g/mol. The van der Waals surface area contributed by atoms with Crippen LogP contribution in [0, 0.1) is 13.8 Å². The maximum Gasteiger partial charge on any atom is 0.281 e. The van der Waals surface area contributed by atoms with Gasteiger partial charge in [0.2, 0.25) is 0 Å². The molecule has 0 unspecified atom stereocenters. The number of hydrogen-bond donors (Lipinski definition) is 1. The van der Waals surface area contributed by atoms with Crippen LogP contribution in [0.4, 0.5) is 5.69 Å². The Kier molecular flexibility index (Phi) is 3.89. The number of benzene rings is 1. The molecule has 0 bridgehead atoms. The summed E-state index contributed by atoms with van der Waals surface area (Å²) in [4.78, 5) is 17.1. The first-order valence-electron chi connectivity index (χ1n) is 7.84. The van der Waals surface area contributed by atoms with Crippen LogP contribution < -0.4 is 5.56 Å². The number of hydrogen-bond acceptors (Lipinski definition) is 5. The van der Waals surface area contributed by atoms with E-state index in [2.05, 4.69) is 25.4 Å². The van der Waals surface area contributed by atoms with Gasteiger partial charge >= 0.3 is 0 Å². The number of H-pyrrole nitrogens is 1. The summed E-state index contributed by atoms with van der Waals surface area (Å²) in [5.74, 6) is 1.07. The zero-order valence-corrected chi connectivity index (χ0v) is 14.8. The summed E-state index contributed by atoms with van der Waals surface area (Å²) in [7, 11) is 0. The van der Waals surface area contributed by atoms with Crippen molar-refractivity contribution in [3.8, 4) is 5.82 Å². The van der Waals surface area contributed by atoms with Crippen LogP contribution in [0.25, 0.3) is 11.5 Å². The van der Waals surface area contributed by atoms with Crippen LogP contribution in [0.3, 0.4) is 0 Å². The van der Waals surface area contributed by atoms with Crippen molar-refractivity contribution in [2.45, 2.75) is 13.8 Å². The van der Waals surface area contributed by atoms with E-state index in [9.17, 15) is 4.79 Å². The fourth-order valence-electron chi connectivity index (χ4n) is 2.57. The van der Waals surface area contributed by atoms with Gasteiger partial charge in [-0.15, -0.1) is 15.3 Å². The predicted molar refractivity (Wildman–Crippen MR) is 98.9 cm³/mol. The number of nitrogens with one attached hydrogen (secondary N) is 1. The lowest BCUT2D eigenvalue weighted by atomic mass is 10.3. The molecule has 0 atom stereocenters. The van der Waals surface area contributed by atoms with Crippen molar-refractivity contribution < 1.29 is 0 Å². The highest BCUT2D eigenvalue weighted by Crippen LogP contribution is 2.23. The first kappa shape index (κ1) is 16.2. The minimum absolute atomic E-state index is 0.254. The summed E-state index contributed by atoms with van der Waals surface area (Å²) >= 11 is 6.10. The van der Waals surface area contributed by atoms with Crippen LogP contribution in [-0.4, -0.2) is 35.8 Å². The largest absolute Gasteiger partial charge is 0.293 e. The minimum Gasteiger partial charge on any atom is -0.293 e. The number of rotatable bonds is 3. The second-order valence-corrected chi connectivity index (χ2v) is 6.12. The van der Waals surface area contributed by atoms with Gasteiger partial charge in [-0.25, -0.2) is 0 Å². The third kappa shape index (κ3) is 2.70. The Morgan fingerprint density at radius 3 is 2.77 bits per heavy atom. The Morgan fingerprint density at radius 2 is 1.96 bits per heavy atom. The highest BCUT2D eigenvalue weighted by Gasteiger charge is 2.13. The van der Waals surface area contributed by atoms with Gasteiger partial charge < -0.3 is 0 Å². The van der Waals surface area contributed by atoms with Gasteiger partial charge in [0.05, 0.1) is 16.3 Å². The van der Waals surface area contributed by atoms with Crippen LogP contribution in [0.2, 0.25) is 5.02 Å². The molecule has 0 aliphatic heterocycles. The zero-order valence-electron chi connectivity index (χ0n) is 14.0. The van der Waals surface area contributed by atoms with Gasteiger partial charge in [-0.2, -0.15) is 9.20 Å². The molecule has 0 saturated heterocycles. The Balaban J connectivity index is 1.77. The number of aryl methyl sites for hydroxylation is 2. The summed E-state index contributed by atoms with van der Waals surface area (Å²) in [6.45, 7) is 3.59. The van der Waals surface area contributed by atoms with E-state index in [1.807, 2.05) is 12.1 Å². The standard InChI is InChI=1S/C17H14ClN7O/c1-10-12(9-19-14-6-4-3-5-13(14)18)17(26)25(22-10)16-8-7-15-21-20-11(2)24(15)23-16/h3-9,22H,1-2H3. The molecule has 0 aliphatic carbocycles. The second kappa shape index (κ2) is 6.23. The molecule has 130 valence electrons. The fourth-order valence-corrected chi connectivity index (χ4v) is 2.75. The average Bonchev–Trinajstić information content (AvgIpc) is 3.14. The normalized spacial score (nSPS) is 11.7. The molecule has 0 fully saturated rings. The van der Waals surface area contributed by atoms with Gasteiger partial charge in [-0.3, -0.25) is 14.9 Å². The monoisotopic (exact) mass is 367 g/mol. The molecule has 0 aliphatic rings. The van der Waals surface area contributed by atoms with E-state index < -0.39 is 0 Å². The smallest absolute Gasteiger partial charge is 0.281 e. The van der Waals surface area contributed by atoms with Crippen molar-refractivity contribution in [1.82, 2.24) is 29.6 Å². The summed E-state index contributed by atoms with van der Waals surface area (Å²) in [6, 6.07) is 10.6. The number of nitrogens with zero attached hydrogens (tertiary/aromatic N) is 6. The molecule has 1 aromatic carbocycles. The van der Waals surface area contributed by atoms with Gasteiger partial charge in [0, 0.05) is 11.9 Å². The molecule has 0 radical (unpaired) electrons. The lowest BCUT2D eigenvalue weighted by Gasteiger charge is -2.01.